The van der Waals surface area contributed by atoms with Crippen molar-refractivity contribution in [2.75, 3.05) is 32.8 Å². The van der Waals surface area contributed by atoms with Crippen molar-refractivity contribution in [2.45, 2.75) is 239 Å². The molecule has 294 valence electrons. The van der Waals surface area contributed by atoms with Gasteiger partial charge >= 0.3 is 5.97 Å². The van der Waals surface area contributed by atoms with Gasteiger partial charge in [-0.15, -0.1) is 0 Å². The lowest BCUT2D eigenvalue weighted by molar-refractivity contribution is -0.144. The monoisotopic (exact) mass is 698 g/mol. The molecule has 0 rings (SSSR count). The van der Waals surface area contributed by atoms with Gasteiger partial charge in [0, 0.05) is 13.0 Å². The van der Waals surface area contributed by atoms with Crippen LogP contribution in [0.25, 0.3) is 0 Å². The summed E-state index contributed by atoms with van der Waals surface area (Å²) in [6.45, 7) is 10.3. The molecule has 1 atom stereocenters. The third-order valence-electron chi connectivity index (χ3n) is 10.1. The van der Waals surface area contributed by atoms with Crippen LogP contribution in [-0.2, 0) is 14.3 Å². The van der Waals surface area contributed by atoms with Crippen molar-refractivity contribution in [3.63, 3.8) is 0 Å². The lowest BCUT2D eigenvalue weighted by Gasteiger charge is -2.22. The highest BCUT2D eigenvalue weighted by Crippen LogP contribution is 2.20. The van der Waals surface area contributed by atoms with Gasteiger partial charge in [0.15, 0.2) is 6.29 Å². The molecule has 0 aromatic carbocycles. The Morgan fingerprint density at radius 1 is 0.510 bits per heavy atom. The minimum absolute atomic E-state index is 0.0459. The van der Waals surface area contributed by atoms with Crippen LogP contribution in [0.1, 0.15) is 226 Å². The van der Waals surface area contributed by atoms with E-state index >= 15 is 0 Å². The molecule has 6 heteroatoms. The van der Waals surface area contributed by atoms with Gasteiger partial charge in [0.1, 0.15) is 0 Å². The number of unbranched alkanes of at least 4 members (excludes halogenated alkanes) is 23. The van der Waals surface area contributed by atoms with Gasteiger partial charge in [0.2, 0.25) is 0 Å². The van der Waals surface area contributed by atoms with E-state index in [1.165, 1.54) is 128 Å². The van der Waals surface area contributed by atoms with Gasteiger partial charge in [-0.25, -0.2) is 0 Å². The molecule has 0 aliphatic heterocycles. The SMILES string of the molecule is CCCCCCCCCCOC(=O)CCCCCN(CCO)CCCCCCCC(O)OC(CCCCCCCC)CCCCCCCC. The van der Waals surface area contributed by atoms with Crippen LogP contribution in [0.15, 0.2) is 0 Å². The van der Waals surface area contributed by atoms with E-state index in [1.54, 1.807) is 0 Å². The first-order valence-electron chi connectivity index (χ1n) is 21.9. The van der Waals surface area contributed by atoms with Crippen LogP contribution < -0.4 is 0 Å². The highest BCUT2D eigenvalue weighted by atomic mass is 16.6. The standard InChI is InChI=1S/C43H87NO5/c1-4-7-10-13-16-17-23-31-40-48-42(46)34-28-24-30-37-44(38-39-45)36-29-22-18-21-27-35-43(47)49-41(32-25-19-14-11-8-5-2)33-26-20-15-12-9-6-3/h41,43,45,47H,4-40H2,1-3H3. The molecule has 2 N–H and O–H groups in total. The van der Waals surface area contributed by atoms with E-state index in [1.807, 2.05) is 0 Å². The van der Waals surface area contributed by atoms with Crippen LogP contribution >= 0.6 is 0 Å². The molecular weight excluding hydrogens is 610 g/mol. The number of esters is 1. The van der Waals surface area contributed by atoms with Crippen molar-refractivity contribution in [3.05, 3.63) is 0 Å². The van der Waals surface area contributed by atoms with Crippen LogP contribution in [0.3, 0.4) is 0 Å². The Morgan fingerprint density at radius 3 is 1.41 bits per heavy atom. The van der Waals surface area contributed by atoms with Crippen molar-refractivity contribution >= 4 is 5.97 Å². The minimum Gasteiger partial charge on any atom is -0.466 e. The number of rotatable bonds is 41. The van der Waals surface area contributed by atoms with Crippen LogP contribution in [0, 0.1) is 0 Å². The zero-order chi connectivity index (χ0) is 35.9. The van der Waals surface area contributed by atoms with E-state index < -0.39 is 6.29 Å². The Hall–Kier alpha value is -0.690. The normalized spacial score (nSPS) is 12.4. The summed E-state index contributed by atoms with van der Waals surface area (Å²) in [6, 6.07) is 0. The molecule has 0 saturated carbocycles. The molecule has 0 aromatic heterocycles. The molecular formula is C43H87NO5. The topological polar surface area (TPSA) is 79.2 Å². The summed E-state index contributed by atoms with van der Waals surface area (Å²) in [6.07, 6.45) is 37.4. The van der Waals surface area contributed by atoms with Gasteiger partial charge in [-0.2, -0.15) is 0 Å². The Labute approximate surface area is 306 Å². The summed E-state index contributed by atoms with van der Waals surface area (Å²) in [5.41, 5.74) is 0. The molecule has 1 unspecified atom stereocenters. The molecule has 0 spiro atoms. The van der Waals surface area contributed by atoms with Gasteiger partial charge in [0.25, 0.3) is 0 Å². The molecule has 0 fully saturated rings. The first-order chi connectivity index (χ1) is 24.1. The number of carbonyl (C=O) groups excluding carboxylic acids is 1. The third-order valence-corrected chi connectivity index (χ3v) is 10.1. The van der Waals surface area contributed by atoms with Gasteiger partial charge in [-0.3, -0.25) is 4.79 Å². The quantitative estimate of drug-likeness (QED) is 0.0376. The third kappa shape index (κ3) is 36.9. The maximum Gasteiger partial charge on any atom is 0.305 e. The number of nitrogens with zero attached hydrogens (tertiary/aromatic N) is 1. The van der Waals surface area contributed by atoms with E-state index in [2.05, 4.69) is 25.7 Å². The first kappa shape index (κ1) is 48.3. The number of aliphatic hydroxyl groups excluding tert-OH is 2. The van der Waals surface area contributed by atoms with Crippen molar-refractivity contribution in [1.29, 1.82) is 0 Å². The van der Waals surface area contributed by atoms with Gasteiger partial charge in [0.05, 0.1) is 19.3 Å². The Bertz CT molecular complexity index is 632. The van der Waals surface area contributed by atoms with Crippen molar-refractivity contribution in [2.24, 2.45) is 0 Å². The summed E-state index contributed by atoms with van der Waals surface area (Å²) >= 11 is 0. The van der Waals surface area contributed by atoms with Crippen LogP contribution in [0.5, 0.6) is 0 Å². The summed E-state index contributed by atoms with van der Waals surface area (Å²) in [5, 5.41) is 20.2. The highest BCUT2D eigenvalue weighted by molar-refractivity contribution is 5.69. The summed E-state index contributed by atoms with van der Waals surface area (Å²) in [4.78, 5) is 14.4. The largest absolute Gasteiger partial charge is 0.466 e. The second-order valence-corrected chi connectivity index (χ2v) is 15.0. The maximum absolute atomic E-state index is 12.0. The second-order valence-electron chi connectivity index (χ2n) is 15.0. The predicted octanol–water partition coefficient (Wildman–Crippen LogP) is 12.1. The molecule has 0 aliphatic rings. The number of ether oxygens (including phenoxy) is 2. The van der Waals surface area contributed by atoms with Gasteiger partial charge < -0.3 is 24.6 Å². The number of aliphatic hydroxyl groups is 2. The molecule has 6 nitrogen and oxygen atoms in total. The number of hydrogen-bond acceptors (Lipinski definition) is 6. The van der Waals surface area contributed by atoms with E-state index in [4.69, 9.17) is 9.47 Å². The molecule has 0 heterocycles. The fourth-order valence-electron chi connectivity index (χ4n) is 6.81. The zero-order valence-corrected chi connectivity index (χ0v) is 33.4. The maximum atomic E-state index is 12.0. The fourth-order valence-corrected chi connectivity index (χ4v) is 6.81. The highest BCUT2D eigenvalue weighted by Gasteiger charge is 2.15. The zero-order valence-electron chi connectivity index (χ0n) is 33.4. The summed E-state index contributed by atoms with van der Waals surface area (Å²) in [7, 11) is 0. The lowest BCUT2D eigenvalue weighted by Crippen LogP contribution is -2.29. The smallest absolute Gasteiger partial charge is 0.305 e. The number of carbonyl (C=O) groups is 1. The summed E-state index contributed by atoms with van der Waals surface area (Å²) in [5.74, 6) is -0.0459. The fraction of sp³-hybridized carbons (Fsp3) is 0.977. The average molecular weight is 698 g/mol. The Morgan fingerprint density at radius 2 is 0.918 bits per heavy atom. The molecule has 49 heavy (non-hydrogen) atoms. The van der Waals surface area contributed by atoms with E-state index in [9.17, 15) is 15.0 Å². The van der Waals surface area contributed by atoms with E-state index in [0.29, 0.717) is 13.0 Å². The van der Waals surface area contributed by atoms with Crippen molar-refractivity contribution in [3.8, 4) is 0 Å². The van der Waals surface area contributed by atoms with Crippen LogP contribution in [0.2, 0.25) is 0 Å². The van der Waals surface area contributed by atoms with Gasteiger partial charge in [-0.1, -0.05) is 168 Å². The summed E-state index contributed by atoms with van der Waals surface area (Å²) < 4.78 is 11.6. The molecule has 0 bridgehead atoms. The second kappa shape index (κ2) is 40.1. The first-order valence-corrected chi connectivity index (χ1v) is 21.9. The lowest BCUT2D eigenvalue weighted by atomic mass is 10.0. The molecule has 0 amide bonds. The Kier molecular flexibility index (Phi) is 39.5. The predicted molar refractivity (Wildman–Crippen MR) is 210 cm³/mol. The minimum atomic E-state index is -0.623. The van der Waals surface area contributed by atoms with Crippen LogP contribution in [-0.4, -0.2) is 66.3 Å². The van der Waals surface area contributed by atoms with Crippen molar-refractivity contribution < 1.29 is 24.5 Å². The number of hydrogen-bond donors (Lipinski definition) is 2. The average Bonchev–Trinajstić information content (AvgIpc) is 3.09. The molecule has 0 saturated heterocycles. The molecule has 0 aromatic rings. The van der Waals surface area contributed by atoms with E-state index in [-0.39, 0.29) is 18.7 Å². The van der Waals surface area contributed by atoms with Crippen LogP contribution in [0.4, 0.5) is 0 Å². The molecule has 0 aliphatic carbocycles. The van der Waals surface area contributed by atoms with Crippen molar-refractivity contribution in [1.82, 2.24) is 4.90 Å². The van der Waals surface area contributed by atoms with Gasteiger partial charge in [-0.05, 0) is 64.5 Å². The molecule has 0 radical (unpaired) electrons. The Balaban J connectivity index is 3.97. The van der Waals surface area contributed by atoms with E-state index in [0.717, 1.165) is 90.3 Å².